The first-order chi connectivity index (χ1) is 38.6. The molecule has 1 amide bonds. The molecule has 14 nitrogen and oxygen atoms in total. The molecule has 0 radical (unpaired) electrons. The maximum absolute atomic E-state index is 13.2. The molecule has 9 N–H and O–H groups in total. The molecule has 2 rings (SSSR count). The third-order valence-corrected chi connectivity index (χ3v) is 14.9. The number of ether oxygens (including phenoxy) is 4. The average molecular weight is 1120 g/mol. The van der Waals surface area contributed by atoms with Crippen molar-refractivity contribution in [2.45, 2.75) is 299 Å². The summed E-state index contributed by atoms with van der Waals surface area (Å²) in [5.41, 5.74) is 0. The van der Waals surface area contributed by atoms with E-state index in [1.807, 2.05) is 0 Å². The Morgan fingerprint density at radius 3 is 1.34 bits per heavy atom. The van der Waals surface area contributed by atoms with Gasteiger partial charge in [-0.25, -0.2) is 0 Å². The highest BCUT2D eigenvalue weighted by atomic mass is 16.7. The Hall–Kier alpha value is -2.83. The Labute approximate surface area is 478 Å². The molecule has 2 fully saturated rings. The zero-order valence-corrected chi connectivity index (χ0v) is 49.1. The van der Waals surface area contributed by atoms with E-state index in [0.717, 1.165) is 109 Å². The summed E-state index contributed by atoms with van der Waals surface area (Å²) in [7, 11) is 0. The minimum atomic E-state index is -1.78. The molecule has 12 atom stereocenters. The molecular formula is C65H113NO13. The van der Waals surface area contributed by atoms with Crippen LogP contribution in [0, 0.1) is 0 Å². The number of rotatable bonds is 49. The standard InChI is InChI=1S/C65H113NO13/c1-3-5-7-9-11-12-13-14-15-16-17-18-19-20-21-22-23-24-25-26-27-28-29-30-31-32-33-34-35-36-37-38-39-40-41-42-43-45-47-49-57(70)66-53(54(69)48-46-44-10-8-6-4-2)52-76-64-62(75)60(73)63(56(51-68)78-64)79-65-61(74)59(72)58(71)55(50-67)77-65/h5,7,11-12,14-15,17-18,20-21,23-24,26-27,53-56,58-65,67-69,71-75H,3-4,6,8-10,13,16,19,22,25,28-52H2,1-2H3,(H,66,70)/b7-5-,12-11-,15-14-,18-17-,21-20-,24-23-,27-26-. The van der Waals surface area contributed by atoms with Gasteiger partial charge in [0, 0.05) is 6.42 Å². The smallest absolute Gasteiger partial charge is 0.220 e. The van der Waals surface area contributed by atoms with Gasteiger partial charge in [-0.05, 0) is 70.6 Å². The predicted molar refractivity (Wildman–Crippen MR) is 318 cm³/mol. The molecule has 2 saturated heterocycles. The van der Waals surface area contributed by atoms with Gasteiger partial charge in [0.25, 0.3) is 0 Å². The first kappa shape index (κ1) is 72.3. The van der Waals surface area contributed by atoms with Crippen LogP contribution in [-0.2, 0) is 23.7 Å². The molecule has 12 unspecified atom stereocenters. The van der Waals surface area contributed by atoms with Crippen LogP contribution in [0.3, 0.4) is 0 Å². The Bertz CT molecular complexity index is 1650. The highest BCUT2D eigenvalue weighted by Crippen LogP contribution is 2.30. The van der Waals surface area contributed by atoms with E-state index in [4.69, 9.17) is 18.9 Å². The zero-order valence-electron chi connectivity index (χ0n) is 49.1. The molecule has 0 aromatic carbocycles. The molecule has 2 heterocycles. The minimum absolute atomic E-state index is 0.214. The molecule has 2 aliphatic heterocycles. The molecule has 0 aromatic rings. The maximum atomic E-state index is 13.2. The van der Waals surface area contributed by atoms with Crippen molar-refractivity contribution in [3.8, 4) is 0 Å². The van der Waals surface area contributed by atoms with E-state index in [1.165, 1.54) is 89.9 Å². The summed E-state index contributed by atoms with van der Waals surface area (Å²) >= 11 is 0. The van der Waals surface area contributed by atoms with Gasteiger partial charge >= 0.3 is 0 Å². The quantitative estimate of drug-likeness (QED) is 0.0204. The lowest BCUT2D eigenvalue weighted by Crippen LogP contribution is -2.65. The highest BCUT2D eigenvalue weighted by molar-refractivity contribution is 5.76. The van der Waals surface area contributed by atoms with Gasteiger partial charge < -0.3 is 65.1 Å². The molecule has 2 aliphatic rings. The fraction of sp³-hybridized carbons (Fsp3) is 0.769. The minimum Gasteiger partial charge on any atom is -0.394 e. The second kappa shape index (κ2) is 49.8. The fourth-order valence-electron chi connectivity index (χ4n) is 9.86. The molecular weight excluding hydrogens is 1000 g/mol. The van der Waals surface area contributed by atoms with Crippen LogP contribution >= 0.6 is 0 Å². The zero-order chi connectivity index (χ0) is 57.4. The van der Waals surface area contributed by atoms with E-state index in [0.29, 0.717) is 12.8 Å². The first-order valence-corrected chi connectivity index (χ1v) is 31.3. The Morgan fingerprint density at radius 2 is 0.873 bits per heavy atom. The van der Waals surface area contributed by atoms with Gasteiger partial charge in [0.05, 0.1) is 32.0 Å². The van der Waals surface area contributed by atoms with Crippen LogP contribution < -0.4 is 5.32 Å². The van der Waals surface area contributed by atoms with Crippen LogP contribution in [0.25, 0.3) is 0 Å². The molecule has 0 saturated carbocycles. The van der Waals surface area contributed by atoms with Gasteiger partial charge in [-0.15, -0.1) is 0 Å². The number of allylic oxidation sites excluding steroid dienone is 14. The van der Waals surface area contributed by atoms with E-state index in [2.05, 4.69) is 104 Å². The summed E-state index contributed by atoms with van der Waals surface area (Å²) in [6, 6.07) is -0.827. The van der Waals surface area contributed by atoms with Gasteiger partial charge in [0.1, 0.15) is 48.8 Å². The normalized spacial score (nSPS) is 25.0. The van der Waals surface area contributed by atoms with Crippen molar-refractivity contribution in [1.82, 2.24) is 5.32 Å². The van der Waals surface area contributed by atoms with Crippen molar-refractivity contribution in [1.29, 1.82) is 0 Å². The van der Waals surface area contributed by atoms with E-state index >= 15 is 0 Å². The third-order valence-electron chi connectivity index (χ3n) is 14.9. The molecule has 0 aliphatic carbocycles. The van der Waals surface area contributed by atoms with Crippen LogP contribution in [0.5, 0.6) is 0 Å². The molecule has 79 heavy (non-hydrogen) atoms. The number of hydrogen-bond donors (Lipinski definition) is 9. The molecule has 0 spiro atoms. The van der Waals surface area contributed by atoms with Crippen molar-refractivity contribution in [3.05, 3.63) is 85.1 Å². The van der Waals surface area contributed by atoms with E-state index in [1.54, 1.807) is 0 Å². The Morgan fingerprint density at radius 1 is 0.468 bits per heavy atom. The van der Waals surface area contributed by atoms with Gasteiger partial charge in [0.2, 0.25) is 5.91 Å². The second-order valence-electron chi connectivity index (χ2n) is 21.8. The average Bonchev–Trinajstić information content (AvgIpc) is 3.47. The lowest BCUT2D eigenvalue weighted by atomic mass is 9.97. The number of carbonyl (C=O) groups excluding carboxylic acids is 1. The topological polar surface area (TPSA) is 228 Å². The van der Waals surface area contributed by atoms with Gasteiger partial charge in [0.15, 0.2) is 12.6 Å². The molecule has 0 aromatic heterocycles. The Balaban J connectivity index is 1.51. The van der Waals surface area contributed by atoms with Gasteiger partial charge in [-0.3, -0.25) is 4.79 Å². The van der Waals surface area contributed by atoms with Crippen molar-refractivity contribution >= 4 is 5.91 Å². The predicted octanol–water partition coefficient (Wildman–Crippen LogP) is 11.3. The number of nitrogens with one attached hydrogen (secondary N) is 1. The fourth-order valence-corrected chi connectivity index (χ4v) is 9.86. The molecule has 456 valence electrons. The van der Waals surface area contributed by atoms with Crippen molar-refractivity contribution in [2.75, 3.05) is 19.8 Å². The summed E-state index contributed by atoms with van der Waals surface area (Å²) in [6.45, 7) is 2.66. The number of amides is 1. The third kappa shape index (κ3) is 35.0. The Kier molecular flexibility index (Phi) is 45.5. The number of aliphatic hydroxyl groups excluding tert-OH is 8. The maximum Gasteiger partial charge on any atom is 0.220 e. The summed E-state index contributed by atoms with van der Waals surface area (Å²) in [4.78, 5) is 13.2. The summed E-state index contributed by atoms with van der Waals surface area (Å²) in [5.74, 6) is -0.214. The number of carbonyl (C=O) groups is 1. The first-order valence-electron chi connectivity index (χ1n) is 31.3. The summed E-state index contributed by atoms with van der Waals surface area (Å²) < 4.78 is 22.7. The lowest BCUT2D eigenvalue weighted by Gasteiger charge is -2.46. The highest BCUT2D eigenvalue weighted by Gasteiger charge is 2.51. The molecule has 14 heteroatoms. The van der Waals surface area contributed by atoms with Gasteiger partial charge in [-0.2, -0.15) is 0 Å². The van der Waals surface area contributed by atoms with Gasteiger partial charge in [-0.1, -0.05) is 234 Å². The number of aliphatic hydroxyl groups is 8. The van der Waals surface area contributed by atoms with Crippen LogP contribution in [0.15, 0.2) is 85.1 Å². The van der Waals surface area contributed by atoms with E-state index in [-0.39, 0.29) is 12.5 Å². The van der Waals surface area contributed by atoms with Crippen LogP contribution in [0.2, 0.25) is 0 Å². The largest absolute Gasteiger partial charge is 0.394 e. The van der Waals surface area contributed by atoms with Crippen LogP contribution in [0.1, 0.15) is 226 Å². The summed E-state index contributed by atoms with van der Waals surface area (Å²) in [6.07, 6.45) is 51.0. The van der Waals surface area contributed by atoms with E-state index in [9.17, 15) is 45.6 Å². The molecule has 0 bridgehead atoms. The van der Waals surface area contributed by atoms with Crippen LogP contribution in [-0.4, -0.2) is 140 Å². The second-order valence-corrected chi connectivity index (χ2v) is 21.8. The lowest BCUT2D eigenvalue weighted by molar-refractivity contribution is -0.359. The number of unbranched alkanes of at least 4 members (excludes halogenated alkanes) is 22. The van der Waals surface area contributed by atoms with Crippen molar-refractivity contribution in [2.24, 2.45) is 0 Å². The van der Waals surface area contributed by atoms with Crippen molar-refractivity contribution in [3.63, 3.8) is 0 Å². The van der Waals surface area contributed by atoms with E-state index < -0.39 is 86.8 Å². The monoisotopic (exact) mass is 1120 g/mol. The van der Waals surface area contributed by atoms with Crippen molar-refractivity contribution < 1.29 is 64.6 Å². The summed E-state index contributed by atoms with van der Waals surface area (Å²) in [5, 5.41) is 86.7. The van der Waals surface area contributed by atoms with Crippen LogP contribution in [0.4, 0.5) is 0 Å². The SMILES string of the molecule is CC/C=C\C/C=C\C/C=C\C/C=C\C/C=C\C/C=C\C/C=C\CCCCCCCCCCCCCCCCCCCC(=O)NC(COC1OC(CO)C(OC2OC(CO)C(O)C(O)C2O)C(O)C1O)C(O)CCCCCCCC. The number of hydrogen-bond acceptors (Lipinski definition) is 13.